The van der Waals surface area contributed by atoms with Gasteiger partial charge < -0.3 is 4.40 Å². The van der Waals surface area contributed by atoms with Crippen LogP contribution in [0.15, 0.2) is 35.4 Å². The van der Waals surface area contributed by atoms with E-state index in [9.17, 15) is 4.79 Å². The van der Waals surface area contributed by atoms with Crippen molar-refractivity contribution in [3.8, 4) is 11.4 Å². The molecule has 0 aliphatic carbocycles. The van der Waals surface area contributed by atoms with E-state index in [0.29, 0.717) is 11.4 Å². The van der Waals surface area contributed by atoms with Gasteiger partial charge in [-0.05, 0) is 12.1 Å². The first-order chi connectivity index (χ1) is 6.84. The van der Waals surface area contributed by atoms with Gasteiger partial charge in [0, 0.05) is 12.4 Å². The fourth-order valence-electron chi connectivity index (χ4n) is 1.43. The van der Waals surface area contributed by atoms with E-state index in [2.05, 4.69) is 15.2 Å². The largest absolute Gasteiger partial charge is 0.308 e. The Morgan fingerprint density at radius 2 is 2.29 bits per heavy atom. The van der Waals surface area contributed by atoms with Crippen molar-refractivity contribution in [2.24, 2.45) is 0 Å². The van der Waals surface area contributed by atoms with E-state index >= 15 is 0 Å². The van der Waals surface area contributed by atoms with Crippen LogP contribution >= 0.6 is 0 Å². The maximum absolute atomic E-state index is 11.3. The molecule has 68 valence electrons. The summed E-state index contributed by atoms with van der Waals surface area (Å²) in [6.45, 7) is 0. The number of pyridine rings is 1. The van der Waals surface area contributed by atoms with Gasteiger partial charge in [-0.25, -0.2) is 10.1 Å². The van der Waals surface area contributed by atoms with Gasteiger partial charge in [-0.1, -0.05) is 6.07 Å². The Labute approximate surface area is 78.4 Å². The smallest absolute Gasteiger partial charge is 0.276 e. The Kier molecular flexibility index (Phi) is 1.25. The third kappa shape index (κ3) is 0.861. The molecule has 1 N–H and O–H groups in total. The molecule has 1 aromatic heterocycles. The van der Waals surface area contributed by atoms with Crippen molar-refractivity contribution in [2.75, 3.05) is 0 Å². The standard InChI is InChI=1S/C9H6N4O/c14-9-6-5-13-4-2-1-3-7(13)10-8(6)11-12-9/h1-5H,(H,12,14). The molecule has 0 radical (unpaired) electrons. The number of nitrogens with one attached hydrogen (secondary N) is 1. The molecule has 0 atom stereocenters. The molecule has 0 aromatic carbocycles. The lowest BCUT2D eigenvalue weighted by Gasteiger charge is -2.00. The Morgan fingerprint density at radius 3 is 3.21 bits per heavy atom. The van der Waals surface area contributed by atoms with Crippen molar-refractivity contribution >= 4 is 5.65 Å². The Morgan fingerprint density at radius 1 is 1.36 bits per heavy atom. The monoisotopic (exact) mass is 186 g/mol. The molecule has 2 aliphatic rings. The molecule has 0 saturated heterocycles. The average molecular weight is 186 g/mol. The van der Waals surface area contributed by atoms with Crippen molar-refractivity contribution in [3.63, 3.8) is 0 Å². The highest BCUT2D eigenvalue weighted by atomic mass is 16.1. The fraction of sp³-hybridized carbons (Fsp3) is 0. The van der Waals surface area contributed by atoms with Crippen LogP contribution in [0.4, 0.5) is 0 Å². The fourth-order valence-corrected chi connectivity index (χ4v) is 1.43. The van der Waals surface area contributed by atoms with E-state index in [1.54, 1.807) is 10.6 Å². The van der Waals surface area contributed by atoms with E-state index < -0.39 is 0 Å². The van der Waals surface area contributed by atoms with Gasteiger partial charge in [0.2, 0.25) is 0 Å². The first-order valence-corrected chi connectivity index (χ1v) is 4.17. The zero-order chi connectivity index (χ0) is 9.54. The number of aromatic amines is 1. The van der Waals surface area contributed by atoms with Crippen LogP contribution in [0.3, 0.4) is 0 Å². The molecule has 0 saturated carbocycles. The zero-order valence-corrected chi connectivity index (χ0v) is 7.14. The number of aromatic nitrogens is 4. The van der Waals surface area contributed by atoms with E-state index in [1.165, 1.54) is 0 Å². The van der Waals surface area contributed by atoms with Crippen LogP contribution < -0.4 is 5.56 Å². The van der Waals surface area contributed by atoms with Crippen molar-refractivity contribution in [3.05, 3.63) is 40.9 Å². The molecule has 2 aliphatic heterocycles. The summed E-state index contributed by atoms with van der Waals surface area (Å²) in [6.07, 6.45) is 3.57. The summed E-state index contributed by atoms with van der Waals surface area (Å²) in [5, 5.41) is 6.18. The highest BCUT2D eigenvalue weighted by molar-refractivity contribution is 5.58. The van der Waals surface area contributed by atoms with E-state index in [1.807, 2.05) is 24.4 Å². The maximum Gasteiger partial charge on any atom is 0.276 e. The summed E-state index contributed by atoms with van der Waals surface area (Å²) >= 11 is 0. The van der Waals surface area contributed by atoms with Crippen molar-refractivity contribution in [1.29, 1.82) is 0 Å². The van der Waals surface area contributed by atoms with Crippen molar-refractivity contribution < 1.29 is 0 Å². The SMILES string of the molecule is O=c1[nH]nc2nc3ccccn3cc1-2. The molecule has 3 rings (SSSR count). The van der Waals surface area contributed by atoms with E-state index in [-0.39, 0.29) is 5.56 Å². The van der Waals surface area contributed by atoms with Crippen LogP contribution in [0.2, 0.25) is 0 Å². The number of hydrogen-bond donors (Lipinski definition) is 1. The van der Waals surface area contributed by atoms with Gasteiger partial charge in [-0.3, -0.25) is 4.79 Å². The number of hydrogen-bond acceptors (Lipinski definition) is 3. The molecule has 0 unspecified atom stereocenters. The Bertz CT molecular complexity index is 624. The van der Waals surface area contributed by atoms with Crippen molar-refractivity contribution in [1.82, 2.24) is 19.6 Å². The van der Waals surface area contributed by atoms with Crippen molar-refractivity contribution in [2.45, 2.75) is 0 Å². The minimum absolute atomic E-state index is 0.203. The highest BCUT2D eigenvalue weighted by Gasteiger charge is 2.11. The molecule has 0 amide bonds. The lowest BCUT2D eigenvalue weighted by Crippen LogP contribution is -2.03. The van der Waals surface area contributed by atoms with Gasteiger partial charge in [-0.2, -0.15) is 5.10 Å². The number of nitrogens with zero attached hydrogens (tertiary/aromatic N) is 3. The van der Waals surface area contributed by atoms with Gasteiger partial charge in [0.25, 0.3) is 5.56 Å². The molecule has 1 aromatic rings. The third-order valence-corrected chi connectivity index (χ3v) is 2.11. The third-order valence-electron chi connectivity index (χ3n) is 2.11. The van der Waals surface area contributed by atoms with Gasteiger partial charge in [-0.15, -0.1) is 0 Å². The number of rotatable bonds is 0. The van der Waals surface area contributed by atoms with E-state index in [0.717, 1.165) is 5.65 Å². The second-order valence-electron chi connectivity index (χ2n) is 3.00. The average Bonchev–Trinajstić information content (AvgIpc) is 2.57. The first kappa shape index (κ1) is 7.25. The number of H-pyrrole nitrogens is 1. The van der Waals surface area contributed by atoms with Crippen LogP contribution in [-0.4, -0.2) is 19.6 Å². The van der Waals surface area contributed by atoms with Gasteiger partial charge in [0.15, 0.2) is 5.82 Å². The summed E-state index contributed by atoms with van der Waals surface area (Å²) in [6, 6.07) is 5.63. The van der Waals surface area contributed by atoms with Gasteiger partial charge >= 0.3 is 0 Å². The van der Waals surface area contributed by atoms with Crippen LogP contribution in [0, 0.1) is 0 Å². The summed E-state index contributed by atoms with van der Waals surface area (Å²) < 4.78 is 1.79. The maximum atomic E-state index is 11.3. The Hall–Kier alpha value is -2.17. The molecule has 14 heavy (non-hydrogen) atoms. The highest BCUT2D eigenvalue weighted by Crippen LogP contribution is 2.12. The lowest BCUT2D eigenvalue weighted by atomic mass is 10.3. The molecular weight excluding hydrogens is 180 g/mol. The molecular formula is C9H6N4O. The van der Waals surface area contributed by atoms with E-state index in [4.69, 9.17) is 0 Å². The van der Waals surface area contributed by atoms with Crippen LogP contribution in [0.1, 0.15) is 0 Å². The summed E-state index contributed by atoms with van der Waals surface area (Å²) in [5.41, 5.74) is 1.07. The van der Waals surface area contributed by atoms with Crippen LogP contribution in [-0.2, 0) is 0 Å². The molecule has 5 heteroatoms. The first-order valence-electron chi connectivity index (χ1n) is 4.17. The summed E-state index contributed by atoms with van der Waals surface area (Å²) in [4.78, 5) is 15.5. The summed E-state index contributed by atoms with van der Waals surface area (Å²) in [5.74, 6) is 0.459. The molecule has 0 spiro atoms. The zero-order valence-electron chi connectivity index (χ0n) is 7.14. The van der Waals surface area contributed by atoms with Gasteiger partial charge in [0.1, 0.15) is 11.2 Å². The summed E-state index contributed by atoms with van der Waals surface area (Å²) in [7, 11) is 0. The van der Waals surface area contributed by atoms with Crippen LogP contribution in [0.5, 0.6) is 0 Å². The molecule has 0 bridgehead atoms. The quantitative estimate of drug-likeness (QED) is 0.556. The predicted molar refractivity (Wildman–Crippen MR) is 50.2 cm³/mol. The minimum Gasteiger partial charge on any atom is -0.308 e. The van der Waals surface area contributed by atoms with Gasteiger partial charge in [0.05, 0.1) is 0 Å². The number of fused-ring (bicyclic) bond motifs is 2. The topological polar surface area (TPSA) is 63.0 Å². The molecule has 3 heterocycles. The van der Waals surface area contributed by atoms with Crippen LogP contribution in [0.25, 0.3) is 17.0 Å². The minimum atomic E-state index is -0.203. The predicted octanol–water partition coefficient (Wildman–Crippen LogP) is 0.522. The second kappa shape index (κ2) is 2.41. The second-order valence-corrected chi connectivity index (χ2v) is 3.00. The molecule has 5 nitrogen and oxygen atoms in total. The lowest BCUT2D eigenvalue weighted by molar-refractivity contribution is 1.03. The normalized spacial score (nSPS) is 11.1. The molecule has 0 fully saturated rings. The Balaban J connectivity index is 2.56.